The summed E-state index contributed by atoms with van der Waals surface area (Å²) in [6, 6.07) is 13.6. The average molecular weight is 438 g/mol. The van der Waals surface area contributed by atoms with Crippen LogP contribution in [0.15, 0.2) is 59.5 Å². The molecule has 0 fully saturated rings. The van der Waals surface area contributed by atoms with Gasteiger partial charge in [0.1, 0.15) is 5.82 Å². The van der Waals surface area contributed by atoms with Gasteiger partial charge < -0.3 is 15.3 Å². The van der Waals surface area contributed by atoms with E-state index >= 15 is 0 Å². The molecular weight excluding hydrogens is 417 g/mol. The summed E-state index contributed by atoms with van der Waals surface area (Å²) < 4.78 is 13.4. The first kappa shape index (κ1) is 20.9. The highest BCUT2D eigenvalue weighted by Gasteiger charge is 2.16. The molecule has 0 saturated carbocycles. The number of amides is 1. The molecule has 7 heteroatoms. The molecule has 3 N–H and O–H groups in total. The van der Waals surface area contributed by atoms with Crippen LogP contribution in [-0.4, -0.2) is 15.9 Å². The zero-order valence-corrected chi connectivity index (χ0v) is 17.6. The van der Waals surface area contributed by atoms with Gasteiger partial charge in [-0.15, -0.1) is 0 Å². The zero-order valence-electron chi connectivity index (χ0n) is 16.9. The Hall–Kier alpha value is -3.38. The van der Waals surface area contributed by atoms with Crippen LogP contribution < -0.4 is 10.9 Å². The van der Waals surface area contributed by atoms with Crippen LogP contribution in [0.3, 0.4) is 0 Å². The molecular formula is C24H21ClFN3O2. The molecule has 2 aromatic heterocycles. The summed E-state index contributed by atoms with van der Waals surface area (Å²) in [5.41, 5.74) is 4.57. The second kappa shape index (κ2) is 8.78. The number of carbonyl (C=O) groups is 1. The molecule has 2 aromatic carbocycles. The van der Waals surface area contributed by atoms with Crippen molar-refractivity contribution in [3.05, 3.63) is 92.6 Å². The van der Waals surface area contributed by atoms with Crippen LogP contribution in [0.5, 0.6) is 0 Å². The Balaban J connectivity index is 1.56. The van der Waals surface area contributed by atoms with Crippen LogP contribution in [0, 0.1) is 12.7 Å². The number of hydrogen-bond donors (Lipinski definition) is 3. The Morgan fingerprint density at radius 2 is 1.94 bits per heavy atom. The van der Waals surface area contributed by atoms with E-state index in [4.69, 9.17) is 11.6 Å². The molecule has 4 aromatic rings. The van der Waals surface area contributed by atoms with Crippen LogP contribution in [0.25, 0.3) is 22.2 Å². The second-order valence-electron chi connectivity index (χ2n) is 7.46. The number of aryl methyl sites for hydroxylation is 2. The number of fused-ring (bicyclic) bond motifs is 1. The Morgan fingerprint density at radius 1 is 1.16 bits per heavy atom. The Kier molecular flexibility index (Phi) is 5.91. The fourth-order valence-corrected chi connectivity index (χ4v) is 3.89. The van der Waals surface area contributed by atoms with Crippen molar-refractivity contribution in [1.29, 1.82) is 0 Å². The van der Waals surface area contributed by atoms with Crippen LogP contribution in [-0.2, 0) is 17.8 Å². The van der Waals surface area contributed by atoms with Gasteiger partial charge in [-0.1, -0.05) is 23.7 Å². The maximum Gasteiger partial charge on any atom is 0.252 e. The Labute approximate surface area is 183 Å². The predicted octanol–water partition coefficient (Wildman–Crippen LogP) is 4.87. The quantitative estimate of drug-likeness (QED) is 0.402. The molecule has 0 radical (unpaired) electrons. The lowest BCUT2D eigenvalue weighted by Gasteiger charge is -2.08. The van der Waals surface area contributed by atoms with E-state index in [0.717, 1.165) is 33.3 Å². The summed E-state index contributed by atoms with van der Waals surface area (Å²) in [6.07, 6.45) is 2.33. The van der Waals surface area contributed by atoms with Crippen LogP contribution in [0.1, 0.15) is 23.1 Å². The van der Waals surface area contributed by atoms with Crippen molar-refractivity contribution in [2.75, 3.05) is 0 Å². The van der Waals surface area contributed by atoms with E-state index in [1.54, 1.807) is 30.5 Å². The second-order valence-corrected chi connectivity index (χ2v) is 7.86. The number of halogens is 2. The molecule has 0 spiro atoms. The Bertz CT molecular complexity index is 1310. The van der Waals surface area contributed by atoms with Crippen molar-refractivity contribution in [3.8, 4) is 11.3 Å². The summed E-state index contributed by atoms with van der Waals surface area (Å²) in [5.74, 6) is -0.479. The molecule has 5 nitrogen and oxygen atoms in total. The molecule has 0 aliphatic carbocycles. The van der Waals surface area contributed by atoms with Crippen molar-refractivity contribution in [2.24, 2.45) is 0 Å². The molecule has 4 rings (SSSR count). The first-order valence-corrected chi connectivity index (χ1v) is 10.3. The summed E-state index contributed by atoms with van der Waals surface area (Å²) in [7, 11) is 0. The van der Waals surface area contributed by atoms with Crippen molar-refractivity contribution in [2.45, 2.75) is 26.3 Å². The third-order valence-corrected chi connectivity index (χ3v) is 5.54. The largest absolute Gasteiger partial charge is 0.353 e. The van der Waals surface area contributed by atoms with E-state index in [0.29, 0.717) is 17.0 Å². The molecule has 2 heterocycles. The highest BCUT2D eigenvalue weighted by molar-refractivity contribution is 6.35. The smallest absolute Gasteiger partial charge is 0.252 e. The van der Waals surface area contributed by atoms with E-state index in [-0.39, 0.29) is 30.2 Å². The van der Waals surface area contributed by atoms with E-state index in [9.17, 15) is 14.0 Å². The van der Waals surface area contributed by atoms with Gasteiger partial charge in [-0.25, -0.2) is 4.39 Å². The fourth-order valence-electron chi connectivity index (χ4n) is 3.67. The van der Waals surface area contributed by atoms with Gasteiger partial charge in [0.25, 0.3) is 5.56 Å². The van der Waals surface area contributed by atoms with E-state index in [1.165, 1.54) is 12.1 Å². The van der Waals surface area contributed by atoms with Gasteiger partial charge in [0.2, 0.25) is 5.91 Å². The number of benzene rings is 2. The maximum atomic E-state index is 13.4. The van der Waals surface area contributed by atoms with Crippen molar-refractivity contribution in [3.63, 3.8) is 0 Å². The first-order valence-electron chi connectivity index (χ1n) is 9.92. The minimum Gasteiger partial charge on any atom is -0.353 e. The zero-order chi connectivity index (χ0) is 22.0. The Morgan fingerprint density at radius 3 is 2.71 bits per heavy atom. The fraction of sp³-hybridized carbons (Fsp3) is 0.167. The number of carbonyl (C=O) groups excluding carboxylic acids is 1. The van der Waals surface area contributed by atoms with Crippen molar-refractivity contribution in [1.82, 2.24) is 15.3 Å². The number of rotatable bonds is 6. The topological polar surface area (TPSA) is 77.8 Å². The average Bonchev–Trinajstić information content (AvgIpc) is 3.13. The van der Waals surface area contributed by atoms with Crippen molar-refractivity contribution < 1.29 is 9.18 Å². The number of nitrogens with one attached hydrogen (secondary N) is 3. The molecule has 0 bridgehead atoms. The molecule has 0 saturated heterocycles. The van der Waals surface area contributed by atoms with Gasteiger partial charge in [-0.2, -0.15) is 0 Å². The van der Waals surface area contributed by atoms with E-state index in [1.807, 2.05) is 19.1 Å². The van der Waals surface area contributed by atoms with Crippen LogP contribution >= 0.6 is 11.6 Å². The highest BCUT2D eigenvalue weighted by atomic mass is 35.5. The van der Waals surface area contributed by atoms with Crippen molar-refractivity contribution >= 4 is 28.4 Å². The van der Waals surface area contributed by atoms with Gasteiger partial charge in [-0.05, 0) is 66.4 Å². The third-order valence-electron chi connectivity index (χ3n) is 5.23. The van der Waals surface area contributed by atoms with E-state index in [2.05, 4.69) is 15.3 Å². The molecule has 0 aliphatic heterocycles. The SMILES string of the molecule is Cc1c[nH]c(=O)c(CNC(=O)CCc2c(-c3ccc(F)cc3)[nH]c3c(Cl)cccc23)c1. The first-order chi connectivity index (χ1) is 14.9. The number of hydrogen-bond acceptors (Lipinski definition) is 2. The molecule has 158 valence electrons. The normalized spacial score (nSPS) is 11.1. The minimum atomic E-state index is -0.315. The lowest BCUT2D eigenvalue weighted by atomic mass is 10.0. The summed E-state index contributed by atoms with van der Waals surface area (Å²) in [5, 5.41) is 4.32. The number of pyridine rings is 1. The standard InChI is InChI=1S/C24H21ClFN3O2/c1-14-11-16(24(31)28-12-14)13-27-21(30)10-9-19-18-3-2-4-20(25)23(18)29-22(19)15-5-7-17(26)8-6-15/h2-8,11-12,29H,9-10,13H2,1H3,(H,27,30)(H,28,31). The van der Waals surface area contributed by atoms with Crippen LogP contribution in [0.4, 0.5) is 4.39 Å². The van der Waals surface area contributed by atoms with E-state index < -0.39 is 0 Å². The molecule has 0 unspecified atom stereocenters. The van der Waals surface area contributed by atoms with Gasteiger partial charge in [-0.3, -0.25) is 9.59 Å². The van der Waals surface area contributed by atoms with Gasteiger partial charge in [0, 0.05) is 35.8 Å². The number of aromatic nitrogens is 2. The molecule has 1 amide bonds. The molecule has 0 atom stereocenters. The monoisotopic (exact) mass is 437 g/mol. The van der Waals surface area contributed by atoms with Gasteiger partial charge >= 0.3 is 0 Å². The highest BCUT2D eigenvalue weighted by Crippen LogP contribution is 2.34. The summed E-state index contributed by atoms with van der Waals surface area (Å²) in [4.78, 5) is 30.4. The lowest BCUT2D eigenvalue weighted by Crippen LogP contribution is -2.26. The number of H-pyrrole nitrogens is 2. The lowest BCUT2D eigenvalue weighted by molar-refractivity contribution is -0.121. The summed E-state index contributed by atoms with van der Waals surface area (Å²) >= 11 is 6.36. The third kappa shape index (κ3) is 4.54. The minimum absolute atomic E-state index is 0.164. The van der Waals surface area contributed by atoms with Crippen LogP contribution in [0.2, 0.25) is 5.02 Å². The maximum absolute atomic E-state index is 13.4. The van der Waals surface area contributed by atoms with Gasteiger partial charge in [0.05, 0.1) is 10.5 Å². The molecule has 0 aliphatic rings. The number of aromatic amines is 2. The predicted molar refractivity (Wildman–Crippen MR) is 121 cm³/mol. The summed E-state index contributed by atoms with van der Waals surface area (Å²) in [6.45, 7) is 2.04. The van der Waals surface area contributed by atoms with Gasteiger partial charge in [0.15, 0.2) is 0 Å². The molecule has 31 heavy (non-hydrogen) atoms. The number of para-hydroxylation sites is 1.